The molecule has 16 heteroatoms. The Balaban J connectivity index is 1.23. The average molecular weight is 795 g/mol. The van der Waals surface area contributed by atoms with Gasteiger partial charge < -0.3 is 15.3 Å². The summed E-state index contributed by atoms with van der Waals surface area (Å²) in [7, 11) is 0. The van der Waals surface area contributed by atoms with Crippen molar-refractivity contribution in [2.24, 2.45) is 9.98 Å². The summed E-state index contributed by atoms with van der Waals surface area (Å²) in [4.78, 5) is 46.4. The zero-order valence-electron chi connectivity index (χ0n) is 22.1. The van der Waals surface area contributed by atoms with Crippen molar-refractivity contribution < 1.29 is 29.7 Å². The van der Waals surface area contributed by atoms with Gasteiger partial charge in [0.2, 0.25) is 11.8 Å². The molecule has 0 aliphatic carbocycles. The summed E-state index contributed by atoms with van der Waals surface area (Å²) < 4.78 is 4.60. The number of carbonyl (C=O) groups excluding carboxylic acids is 2. The Hall–Kier alpha value is -3.15. The van der Waals surface area contributed by atoms with Gasteiger partial charge in [-0.15, -0.1) is 22.7 Å². The molecule has 0 bridgehead atoms. The molecule has 0 saturated carbocycles. The number of carboxylic acids is 1. The molecule has 2 amide bonds. The average Bonchev–Trinajstić information content (AvgIpc) is 3.64. The first kappa shape index (κ1) is 30.9. The largest absolute Gasteiger partial charge is 0.493 e. The number of unbranched alkanes of at least 4 members (excludes halogenated alkanes) is 1. The second-order valence-electron chi connectivity index (χ2n) is 9.82. The lowest BCUT2D eigenvalue weighted by atomic mass is 10.1. The van der Waals surface area contributed by atoms with E-state index in [2.05, 4.69) is 41.8 Å². The Bertz CT molecular complexity index is 2320. The number of amides is 2. The van der Waals surface area contributed by atoms with Gasteiger partial charge in [0.05, 0.1) is 21.9 Å². The number of carbonyl (C=O) groups is 3. The van der Waals surface area contributed by atoms with Crippen molar-refractivity contribution in [2.45, 2.75) is 31.8 Å². The van der Waals surface area contributed by atoms with Crippen molar-refractivity contribution in [3.8, 4) is 11.8 Å². The van der Waals surface area contributed by atoms with Crippen LogP contribution in [0.4, 0.5) is 0 Å². The number of hydrogen-bond acceptors (Lipinski definition) is 9. The fraction of sp³-hybridized carbons (Fsp3) is 0.179. The predicted octanol–water partition coefficient (Wildman–Crippen LogP) is 4.02. The number of fused-ring (bicyclic) bond motifs is 2. The Labute approximate surface area is 282 Å². The van der Waals surface area contributed by atoms with E-state index in [1.54, 1.807) is 36.4 Å². The zero-order chi connectivity index (χ0) is 31.4. The summed E-state index contributed by atoms with van der Waals surface area (Å²) in [6, 6.07) is 9.19. The topological polar surface area (TPSA) is 146 Å². The third-order valence-corrected chi connectivity index (χ3v) is 11.0. The molecule has 2 aliphatic rings. The molecule has 2 aromatic carbocycles. The van der Waals surface area contributed by atoms with Crippen LogP contribution in [0.15, 0.2) is 55.3 Å². The second-order valence-corrected chi connectivity index (χ2v) is 14.9. The van der Waals surface area contributed by atoms with Gasteiger partial charge in [-0.05, 0) is 80.1 Å². The normalized spacial score (nSPS) is 14.4. The van der Waals surface area contributed by atoms with Gasteiger partial charge in [0, 0.05) is 25.9 Å². The molecule has 1 atom stereocenters. The molecule has 0 radical (unpaired) electrons. The van der Waals surface area contributed by atoms with Crippen LogP contribution in [0.5, 0.6) is 11.8 Å². The molecule has 4 aromatic rings. The van der Waals surface area contributed by atoms with E-state index in [4.69, 9.17) is 24.4 Å². The summed E-state index contributed by atoms with van der Waals surface area (Å²) in [6.45, 7) is 0.267. The Morgan fingerprint density at radius 3 is 1.91 bits per heavy atom. The maximum Gasteiger partial charge on any atom is 0.326 e. The van der Waals surface area contributed by atoms with Crippen LogP contribution in [-0.2, 0) is 20.9 Å². The Morgan fingerprint density at radius 2 is 1.36 bits per heavy atom. The molecular formula is C28H18Br2N4O6S4. The van der Waals surface area contributed by atoms with Gasteiger partial charge in [0.25, 0.3) is 11.8 Å². The molecule has 224 valence electrons. The highest BCUT2D eigenvalue weighted by Gasteiger charge is 2.30. The highest BCUT2D eigenvalue weighted by Crippen LogP contribution is 2.37. The van der Waals surface area contributed by atoms with Crippen molar-refractivity contribution in [3.05, 3.63) is 84.2 Å². The van der Waals surface area contributed by atoms with E-state index in [1.807, 2.05) is 0 Å². The molecule has 2 aromatic heterocycles. The van der Waals surface area contributed by atoms with Gasteiger partial charge in [0.1, 0.15) is 15.8 Å². The first-order valence-corrected chi connectivity index (χ1v) is 17.0. The summed E-state index contributed by atoms with van der Waals surface area (Å²) in [5, 5.41) is 34.3. The van der Waals surface area contributed by atoms with Crippen LogP contribution in [0.3, 0.4) is 0 Å². The highest BCUT2D eigenvalue weighted by atomic mass is 79.9. The second kappa shape index (κ2) is 12.0. The molecule has 44 heavy (non-hydrogen) atoms. The van der Waals surface area contributed by atoms with Crippen LogP contribution in [0.1, 0.15) is 35.1 Å². The monoisotopic (exact) mass is 792 g/mol. The maximum atomic E-state index is 12.8. The van der Waals surface area contributed by atoms with Crippen molar-refractivity contribution in [1.82, 2.24) is 9.13 Å². The lowest BCUT2D eigenvalue weighted by Crippen LogP contribution is -2.23. The molecule has 0 spiro atoms. The van der Waals surface area contributed by atoms with E-state index in [0.29, 0.717) is 42.8 Å². The fourth-order valence-corrected chi connectivity index (χ4v) is 8.71. The highest BCUT2D eigenvalue weighted by molar-refractivity contribution is 9.10. The number of carboxylic acid groups (broad SMARTS) is 1. The maximum absolute atomic E-state index is 12.8. The van der Waals surface area contributed by atoms with E-state index in [1.165, 1.54) is 4.57 Å². The fourth-order valence-electron chi connectivity index (χ4n) is 5.16. The SMILES string of the molecule is O=C1N=c2ccc(Br)cc2=C1c1sc(=S)n(CCCC[C@H](C(=O)O)n2c(O)c(C3=c4cc(Br)ccc4=NC3=O)sc2=S)c1O. The number of benzene rings is 2. The van der Waals surface area contributed by atoms with Crippen LogP contribution >= 0.6 is 79.0 Å². The third-order valence-electron chi connectivity index (χ3n) is 7.17. The number of nitrogens with zero attached hydrogens (tertiary/aromatic N) is 4. The molecule has 6 rings (SSSR count). The van der Waals surface area contributed by atoms with E-state index in [-0.39, 0.29) is 38.8 Å². The molecule has 2 aliphatic heterocycles. The minimum Gasteiger partial charge on any atom is -0.493 e. The van der Waals surface area contributed by atoms with Crippen LogP contribution in [0.25, 0.3) is 11.1 Å². The molecule has 4 heterocycles. The van der Waals surface area contributed by atoms with Crippen LogP contribution < -0.4 is 21.2 Å². The standard InChI is InChI=1S/C28H18Br2N4O6S4/c29-11-4-6-15-13(9-11)18(22(35)31-15)20-24(37)33(27(41)43-20)8-2-1-3-17(26(39)40)34-25(38)21(44-28(34)42)19-14-10-12(30)5-7-16(14)32-23(19)36/h4-7,9-10,17,37-38H,1-3,8H2,(H,39,40)/t17-/m1/s1. The number of hydrogen-bond donors (Lipinski definition) is 3. The van der Waals surface area contributed by atoms with Gasteiger partial charge in [-0.1, -0.05) is 31.9 Å². The van der Waals surface area contributed by atoms with Crippen LogP contribution in [0, 0.1) is 7.91 Å². The van der Waals surface area contributed by atoms with Crippen molar-refractivity contribution in [2.75, 3.05) is 0 Å². The van der Waals surface area contributed by atoms with Gasteiger partial charge >= 0.3 is 5.97 Å². The van der Waals surface area contributed by atoms with E-state index in [9.17, 15) is 29.7 Å². The van der Waals surface area contributed by atoms with Gasteiger partial charge in [0.15, 0.2) is 7.91 Å². The van der Waals surface area contributed by atoms with E-state index >= 15 is 0 Å². The van der Waals surface area contributed by atoms with Crippen molar-refractivity contribution >= 4 is 108 Å². The van der Waals surface area contributed by atoms with Crippen LogP contribution in [-0.4, -0.2) is 42.2 Å². The minimum absolute atomic E-state index is 0.102. The molecule has 0 unspecified atom stereocenters. The quantitative estimate of drug-likeness (QED) is 0.170. The number of aliphatic carboxylic acids is 1. The summed E-state index contributed by atoms with van der Waals surface area (Å²) in [5.74, 6) is -2.76. The van der Waals surface area contributed by atoms with E-state index in [0.717, 1.165) is 36.2 Å². The number of thiazole rings is 2. The molecule has 0 saturated heterocycles. The smallest absolute Gasteiger partial charge is 0.326 e. The Kier molecular flexibility index (Phi) is 8.40. The number of aromatic hydroxyl groups is 2. The van der Waals surface area contributed by atoms with Crippen molar-refractivity contribution in [3.63, 3.8) is 0 Å². The van der Waals surface area contributed by atoms with Crippen LogP contribution in [0.2, 0.25) is 0 Å². The number of aromatic nitrogens is 2. The summed E-state index contributed by atoms with van der Waals surface area (Å²) in [5.41, 5.74) is 0.441. The third kappa shape index (κ3) is 5.37. The first-order valence-electron chi connectivity index (χ1n) is 12.9. The van der Waals surface area contributed by atoms with Gasteiger partial charge in [-0.2, -0.15) is 0 Å². The number of rotatable bonds is 9. The summed E-state index contributed by atoms with van der Waals surface area (Å²) in [6.07, 6.45) is 0.903. The number of halogens is 2. The molecular weight excluding hydrogens is 776 g/mol. The lowest BCUT2D eigenvalue weighted by Gasteiger charge is -2.15. The first-order chi connectivity index (χ1) is 21.0. The predicted molar refractivity (Wildman–Crippen MR) is 175 cm³/mol. The van der Waals surface area contributed by atoms with Gasteiger partial charge in [-0.3, -0.25) is 18.7 Å². The van der Waals surface area contributed by atoms with E-state index < -0.39 is 29.7 Å². The molecule has 10 nitrogen and oxygen atoms in total. The lowest BCUT2D eigenvalue weighted by molar-refractivity contribution is -0.141. The van der Waals surface area contributed by atoms with Crippen molar-refractivity contribution in [1.29, 1.82) is 0 Å². The minimum atomic E-state index is -1.20. The Morgan fingerprint density at radius 1 is 0.841 bits per heavy atom. The van der Waals surface area contributed by atoms with Gasteiger partial charge in [-0.25, -0.2) is 14.8 Å². The summed E-state index contributed by atoms with van der Waals surface area (Å²) >= 11 is 19.8. The zero-order valence-corrected chi connectivity index (χ0v) is 28.6. The molecule has 3 N–H and O–H groups in total. The molecule has 0 fully saturated rings.